The van der Waals surface area contributed by atoms with Gasteiger partial charge in [0.2, 0.25) is 0 Å². The largest absolute Gasteiger partial charge is 0.311 e. The van der Waals surface area contributed by atoms with Crippen molar-refractivity contribution in [1.82, 2.24) is 15.1 Å². The molecule has 4 rings (SSSR count). The van der Waals surface area contributed by atoms with Crippen LogP contribution in [0, 0.1) is 6.92 Å². The number of aromatic nitrogens is 2. The molecule has 0 aliphatic heterocycles. The molecule has 0 bridgehead atoms. The molecule has 2 unspecified atom stereocenters. The van der Waals surface area contributed by atoms with Crippen LogP contribution in [0.15, 0.2) is 30.6 Å². The van der Waals surface area contributed by atoms with E-state index in [1.54, 1.807) is 10.9 Å². The summed E-state index contributed by atoms with van der Waals surface area (Å²) in [5.74, 6) is 0.752. The number of carbonyl (C=O) groups is 1. The van der Waals surface area contributed by atoms with Crippen molar-refractivity contribution in [3.8, 4) is 0 Å². The lowest BCUT2D eigenvalue weighted by molar-refractivity contribution is 0.0993. The molecule has 2 aliphatic rings. The molecule has 0 spiro atoms. The minimum absolute atomic E-state index is 0.176. The second kappa shape index (κ2) is 6.75. The van der Waals surface area contributed by atoms with Crippen molar-refractivity contribution >= 4 is 5.78 Å². The van der Waals surface area contributed by atoms with E-state index in [2.05, 4.69) is 29.5 Å². The predicted molar refractivity (Wildman–Crippen MR) is 99.0 cm³/mol. The number of hydrogen-bond donors (Lipinski definition) is 1. The lowest BCUT2D eigenvalue weighted by Gasteiger charge is -2.13. The average molecular weight is 337 g/mol. The van der Waals surface area contributed by atoms with Crippen molar-refractivity contribution in [2.24, 2.45) is 7.05 Å². The number of hydrogen-bond acceptors (Lipinski definition) is 3. The fourth-order valence-electron chi connectivity index (χ4n) is 4.18. The molecule has 0 amide bonds. The molecule has 132 valence electrons. The minimum atomic E-state index is 0.176. The summed E-state index contributed by atoms with van der Waals surface area (Å²) in [4.78, 5) is 12.6. The van der Waals surface area contributed by atoms with Gasteiger partial charge < -0.3 is 5.32 Å². The molecule has 1 N–H and O–H groups in total. The van der Waals surface area contributed by atoms with Gasteiger partial charge >= 0.3 is 0 Å². The van der Waals surface area contributed by atoms with Gasteiger partial charge in [0.05, 0.1) is 6.20 Å². The van der Waals surface area contributed by atoms with Crippen LogP contribution in [0.2, 0.25) is 0 Å². The summed E-state index contributed by atoms with van der Waals surface area (Å²) in [6, 6.07) is 7.53. The highest BCUT2D eigenvalue weighted by molar-refractivity contribution is 5.97. The van der Waals surface area contributed by atoms with Gasteiger partial charge in [-0.25, -0.2) is 0 Å². The fraction of sp³-hybridized carbons (Fsp3) is 0.524. The minimum Gasteiger partial charge on any atom is -0.311 e. The van der Waals surface area contributed by atoms with Crippen molar-refractivity contribution in [3.63, 3.8) is 0 Å². The van der Waals surface area contributed by atoms with E-state index >= 15 is 0 Å². The van der Waals surface area contributed by atoms with Crippen LogP contribution < -0.4 is 5.32 Å². The van der Waals surface area contributed by atoms with Crippen molar-refractivity contribution in [2.75, 3.05) is 0 Å². The summed E-state index contributed by atoms with van der Waals surface area (Å²) in [7, 11) is 1.88. The van der Waals surface area contributed by atoms with Crippen molar-refractivity contribution in [2.45, 2.75) is 63.5 Å². The first-order valence-corrected chi connectivity index (χ1v) is 9.47. The van der Waals surface area contributed by atoms with E-state index in [0.29, 0.717) is 24.4 Å². The normalized spacial score (nSPS) is 23.1. The zero-order chi connectivity index (χ0) is 17.4. The van der Waals surface area contributed by atoms with Gasteiger partial charge in [0.1, 0.15) is 0 Å². The van der Waals surface area contributed by atoms with Gasteiger partial charge in [0, 0.05) is 43.2 Å². The number of benzene rings is 1. The number of ketones is 1. The zero-order valence-electron chi connectivity index (χ0n) is 15.2. The Hall–Kier alpha value is -1.94. The Morgan fingerprint density at radius 2 is 2.12 bits per heavy atom. The smallest absolute Gasteiger partial charge is 0.167 e. The Morgan fingerprint density at radius 1 is 1.32 bits per heavy atom. The number of rotatable bonds is 6. The van der Waals surface area contributed by atoms with Gasteiger partial charge in [-0.1, -0.05) is 25.0 Å². The van der Waals surface area contributed by atoms with E-state index in [1.807, 2.05) is 19.3 Å². The first-order valence-electron chi connectivity index (χ1n) is 9.47. The number of aryl methyl sites for hydroxylation is 2. The van der Waals surface area contributed by atoms with Gasteiger partial charge in [-0.15, -0.1) is 0 Å². The van der Waals surface area contributed by atoms with E-state index < -0.39 is 0 Å². The van der Waals surface area contributed by atoms with Crippen LogP contribution in [0.25, 0.3) is 0 Å². The second-order valence-corrected chi connectivity index (χ2v) is 7.79. The summed E-state index contributed by atoms with van der Waals surface area (Å²) in [6.45, 7) is 2.16. The molecule has 2 aliphatic carbocycles. The Kier molecular flexibility index (Phi) is 4.46. The van der Waals surface area contributed by atoms with Crippen LogP contribution in [0.4, 0.5) is 0 Å². The first-order chi connectivity index (χ1) is 12.1. The third-order valence-corrected chi connectivity index (χ3v) is 5.72. The first kappa shape index (κ1) is 16.5. The van der Waals surface area contributed by atoms with E-state index in [1.165, 1.54) is 43.2 Å². The summed E-state index contributed by atoms with van der Waals surface area (Å²) in [6.07, 6.45) is 10.7. The standard InChI is InChI=1S/C21H27N3O/c1-14-7-8-16(21(25)9-15-12-22-24(2)13-15)10-18(14)19-11-20(19)23-17-5-3-4-6-17/h7-8,10,12-13,17,19-20,23H,3-6,9,11H2,1-2H3. The number of Topliss-reactive ketones (excluding diaryl/α,β-unsaturated/α-hetero) is 1. The molecule has 4 nitrogen and oxygen atoms in total. The van der Waals surface area contributed by atoms with E-state index in [0.717, 1.165) is 11.1 Å². The Balaban J connectivity index is 1.44. The van der Waals surface area contributed by atoms with Crippen molar-refractivity contribution < 1.29 is 4.79 Å². The van der Waals surface area contributed by atoms with Gasteiger partial charge in [0.25, 0.3) is 0 Å². The third-order valence-electron chi connectivity index (χ3n) is 5.72. The summed E-state index contributed by atoms with van der Waals surface area (Å²) in [5, 5.41) is 7.97. The van der Waals surface area contributed by atoms with Gasteiger partial charge in [-0.05, 0) is 48.9 Å². The maximum Gasteiger partial charge on any atom is 0.167 e. The summed E-state index contributed by atoms with van der Waals surface area (Å²) in [5.41, 5.74) is 4.46. The molecule has 1 aromatic heterocycles. The van der Waals surface area contributed by atoms with E-state index in [9.17, 15) is 4.79 Å². The van der Waals surface area contributed by atoms with Crippen LogP contribution >= 0.6 is 0 Å². The van der Waals surface area contributed by atoms with Gasteiger partial charge in [-0.2, -0.15) is 5.10 Å². The monoisotopic (exact) mass is 337 g/mol. The molecular weight excluding hydrogens is 310 g/mol. The lowest BCUT2D eigenvalue weighted by atomic mass is 9.97. The molecule has 0 saturated heterocycles. The van der Waals surface area contributed by atoms with Gasteiger partial charge in [-0.3, -0.25) is 9.48 Å². The van der Waals surface area contributed by atoms with E-state index in [4.69, 9.17) is 0 Å². The van der Waals surface area contributed by atoms with Crippen LogP contribution in [0.1, 0.15) is 65.1 Å². The zero-order valence-corrected chi connectivity index (χ0v) is 15.2. The Labute approximate surface area is 149 Å². The summed E-state index contributed by atoms with van der Waals surface area (Å²) < 4.78 is 1.74. The number of carbonyl (C=O) groups excluding carboxylic acids is 1. The SMILES string of the molecule is Cc1ccc(C(=O)Cc2cnn(C)c2)cc1C1CC1NC1CCCC1. The van der Waals surface area contributed by atoms with Gasteiger partial charge in [0.15, 0.2) is 5.78 Å². The third kappa shape index (κ3) is 3.69. The maximum absolute atomic E-state index is 12.6. The molecule has 0 radical (unpaired) electrons. The lowest BCUT2D eigenvalue weighted by Crippen LogP contribution is -2.29. The van der Waals surface area contributed by atoms with Crippen LogP contribution in [0.3, 0.4) is 0 Å². The topological polar surface area (TPSA) is 46.9 Å². The van der Waals surface area contributed by atoms with Crippen molar-refractivity contribution in [1.29, 1.82) is 0 Å². The van der Waals surface area contributed by atoms with Crippen LogP contribution in [0.5, 0.6) is 0 Å². The number of nitrogens with zero attached hydrogens (tertiary/aromatic N) is 2. The molecule has 2 fully saturated rings. The summed E-state index contributed by atoms with van der Waals surface area (Å²) >= 11 is 0. The highest BCUT2D eigenvalue weighted by Crippen LogP contribution is 2.43. The van der Waals surface area contributed by atoms with Crippen LogP contribution in [-0.4, -0.2) is 27.6 Å². The van der Waals surface area contributed by atoms with Crippen LogP contribution in [-0.2, 0) is 13.5 Å². The highest BCUT2D eigenvalue weighted by atomic mass is 16.1. The molecule has 1 heterocycles. The highest BCUT2D eigenvalue weighted by Gasteiger charge is 2.40. The molecule has 1 aromatic carbocycles. The Morgan fingerprint density at radius 3 is 2.84 bits per heavy atom. The number of nitrogens with one attached hydrogen (secondary N) is 1. The second-order valence-electron chi connectivity index (χ2n) is 7.79. The van der Waals surface area contributed by atoms with Crippen molar-refractivity contribution in [3.05, 3.63) is 52.8 Å². The molecule has 2 aromatic rings. The quantitative estimate of drug-likeness (QED) is 0.820. The molecule has 2 saturated carbocycles. The Bertz CT molecular complexity index is 773. The van der Waals surface area contributed by atoms with E-state index in [-0.39, 0.29) is 5.78 Å². The molecule has 2 atom stereocenters. The molecule has 25 heavy (non-hydrogen) atoms. The fourth-order valence-corrected chi connectivity index (χ4v) is 4.18. The maximum atomic E-state index is 12.6. The molecule has 4 heteroatoms. The molecular formula is C21H27N3O. The average Bonchev–Trinajstić information content (AvgIpc) is 2.94. The predicted octanol–water partition coefficient (Wildman–Crippen LogP) is 3.54.